The summed E-state index contributed by atoms with van der Waals surface area (Å²) in [6.45, 7) is 0. The number of hydrogen-bond acceptors (Lipinski definition) is 2. The summed E-state index contributed by atoms with van der Waals surface area (Å²) in [6, 6.07) is 14.9. The Morgan fingerprint density at radius 3 is 2.47 bits per heavy atom. The van der Waals surface area contributed by atoms with Crippen molar-refractivity contribution in [3.63, 3.8) is 0 Å². The van der Waals surface area contributed by atoms with Gasteiger partial charge < -0.3 is 0 Å². The van der Waals surface area contributed by atoms with E-state index in [-0.39, 0.29) is 10.6 Å². The van der Waals surface area contributed by atoms with Gasteiger partial charge in [-0.1, -0.05) is 52.3 Å². The first-order valence-corrected chi connectivity index (χ1v) is 5.93. The fraction of sp³-hybridized carbons (Fsp3) is 0.0769. The molecule has 0 aliphatic rings. The lowest BCUT2D eigenvalue weighted by atomic mass is 10.0. The molecule has 0 saturated carbocycles. The average molecular weight is 292 g/mol. The molecule has 2 aromatic carbocycles. The van der Waals surface area contributed by atoms with E-state index in [1.807, 2.05) is 36.4 Å². The second-order valence-corrected chi connectivity index (χ2v) is 4.61. The van der Waals surface area contributed by atoms with Crippen LogP contribution >= 0.6 is 15.9 Å². The molecule has 0 fully saturated rings. The number of rotatable bonds is 3. The topological polar surface area (TPSA) is 43.1 Å². The van der Waals surface area contributed by atoms with Crippen LogP contribution in [0.3, 0.4) is 0 Å². The molecule has 0 radical (unpaired) electrons. The van der Waals surface area contributed by atoms with E-state index in [0.29, 0.717) is 6.42 Å². The molecule has 0 spiro atoms. The van der Waals surface area contributed by atoms with E-state index in [9.17, 15) is 10.1 Å². The highest BCUT2D eigenvalue weighted by Crippen LogP contribution is 2.25. The van der Waals surface area contributed by atoms with Crippen LogP contribution in [0.5, 0.6) is 0 Å². The largest absolute Gasteiger partial charge is 0.274 e. The molecule has 0 amide bonds. The van der Waals surface area contributed by atoms with Crippen LogP contribution in [0.4, 0.5) is 5.69 Å². The highest BCUT2D eigenvalue weighted by molar-refractivity contribution is 9.10. The van der Waals surface area contributed by atoms with Crippen LogP contribution in [0.15, 0.2) is 53.0 Å². The van der Waals surface area contributed by atoms with Crippen molar-refractivity contribution in [1.82, 2.24) is 0 Å². The van der Waals surface area contributed by atoms with Crippen molar-refractivity contribution >= 4 is 21.6 Å². The lowest BCUT2D eigenvalue weighted by molar-refractivity contribution is -0.385. The minimum absolute atomic E-state index is 0.156. The fourth-order valence-electron chi connectivity index (χ4n) is 1.67. The molecule has 2 rings (SSSR count). The quantitative estimate of drug-likeness (QED) is 0.635. The first-order valence-electron chi connectivity index (χ1n) is 5.13. The zero-order valence-electron chi connectivity index (χ0n) is 8.97. The van der Waals surface area contributed by atoms with E-state index in [4.69, 9.17) is 0 Å². The predicted octanol–water partition coefficient (Wildman–Crippen LogP) is 3.95. The number of benzene rings is 2. The average Bonchev–Trinajstić information content (AvgIpc) is 2.32. The third-order valence-electron chi connectivity index (χ3n) is 2.48. The Kier molecular flexibility index (Phi) is 3.54. The molecule has 0 unspecified atom stereocenters. The summed E-state index contributed by atoms with van der Waals surface area (Å²) in [5.74, 6) is 0. The van der Waals surface area contributed by atoms with Crippen molar-refractivity contribution < 1.29 is 4.92 Å². The van der Waals surface area contributed by atoms with Crippen LogP contribution in [0.1, 0.15) is 11.1 Å². The zero-order valence-corrected chi connectivity index (χ0v) is 10.6. The minimum atomic E-state index is -0.344. The monoisotopic (exact) mass is 291 g/mol. The maximum absolute atomic E-state index is 10.9. The number of nitro benzene ring substituents is 1. The van der Waals surface area contributed by atoms with Gasteiger partial charge in [0, 0.05) is 22.5 Å². The Bertz CT molecular complexity index is 540. The van der Waals surface area contributed by atoms with Crippen LogP contribution in [0, 0.1) is 10.1 Å². The molecule has 17 heavy (non-hydrogen) atoms. The van der Waals surface area contributed by atoms with Gasteiger partial charge in [0.15, 0.2) is 0 Å². The van der Waals surface area contributed by atoms with Crippen molar-refractivity contribution in [1.29, 1.82) is 0 Å². The van der Waals surface area contributed by atoms with Gasteiger partial charge in [-0.25, -0.2) is 0 Å². The maximum Gasteiger partial charge on any atom is 0.274 e. The number of hydrogen-bond donors (Lipinski definition) is 0. The van der Waals surface area contributed by atoms with Crippen LogP contribution in [0.25, 0.3) is 0 Å². The van der Waals surface area contributed by atoms with Gasteiger partial charge in [0.2, 0.25) is 0 Å². The molecular formula is C13H10BrNO2. The molecule has 0 atom stereocenters. The fourth-order valence-corrected chi connectivity index (χ4v) is 2.02. The van der Waals surface area contributed by atoms with Gasteiger partial charge in [-0.2, -0.15) is 0 Å². The normalized spacial score (nSPS) is 10.2. The maximum atomic E-state index is 10.9. The zero-order chi connectivity index (χ0) is 12.3. The molecule has 4 heteroatoms. The second kappa shape index (κ2) is 5.10. The van der Waals surface area contributed by atoms with Gasteiger partial charge in [0.05, 0.1) is 4.92 Å². The number of nitrogens with zero attached hydrogens (tertiary/aromatic N) is 1. The smallest absolute Gasteiger partial charge is 0.258 e. The summed E-state index contributed by atoms with van der Waals surface area (Å²) in [6.07, 6.45) is 0.574. The summed E-state index contributed by atoms with van der Waals surface area (Å²) in [7, 11) is 0. The second-order valence-electron chi connectivity index (χ2n) is 3.69. The molecule has 0 aliphatic heterocycles. The van der Waals surface area contributed by atoms with E-state index < -0.39 is 0 Å². The Hall–Kier alpha value is -1.68. The highest BCUT2D eigenvalue weighted by Gasteiger charge is 2.13. The minimum Gasteiger partial charge on any atom is -0.258 e. The van der Waals surface area contributed by atoms with E-state index in [1.165, 1.54) is 6.07 Å². The molecule has 0 saturated heterocycles. The molecule has 0 aliphatic carbocycles. The summed E-state index contributed by atoms with van der Waals surface area (Å²) in [4.78, 5) is 10.6. The molecule has 0 N–H and O–H groups in total. The summed E-state index contributed by atoms with van der Waals surface area (Å²) in [5, 5.41) is 10.9. The van der Waals surface area contributed by atoms with Gasteiger partial charge in [0.25, 0.3) is 5.69 Å². The highest BCUT2D eigenvalue weighted by atomic mass is 79.9. The van der Waals surface area contributed by atoms with Gasteiger partial charge in [-0.15, -0.1) is 0 Å². The third kappa shape index (κ3) is 2.91. The van der Waals surface area contributed by atoms with Crippen LogP contribution in [-0.4, -0.2) is 4.92 Å². The molecule has 0 aromatic heterocycles. The van der Waals surface area contributed by atoms with Gasteiger partial charge in [-0.3, -0.25) is 10.1 Å². The van der Waals surface area contributed by atoms with Crippen molar-refractivity contribution in [2.45, 2.75) is 6.42 Å². The lowest BCUT2D eigenvalue weighted by Crippen LogP contribution is -1.96. The predicted molar refractivity (Wildman–Crippen MR) is 70.0 cm³/mol. The van der Waals surface area contributed by atoms with E-state index in [2.05, 4.69) is 15.9 Å². The van der Waals surface area contributed by atoms with E-state index in [1.54, 1.807) is 6.07 Å². The molecule has 2 aromatic rings. The van der Waals surface area contributed by atoms with Crippen molar-refractivity contribution in [2.75, 3.05) is 0 Å². The van der Waals surface area contributed by atoms with Gasteiger partial charge in [0.1, 0.15) is 0 Å². The standard InChI is InChI=1S/C13H10BrNO2/c14-12-7-6-11(13(9-12)15(16)17)8-10-4-2-1-3-5-10/h1-7,9H,8H2. The lowest BCUT2D eigenvalue weighted by Gasteiger charge is -2.03. The van der Waals surface area contributed by atoms with Crippen LogP contribution in [0.2, 0.25) is 0 Å². The van der Waals surface area contributed by atoms with Crippen molar-refractivity contribution in [3.05, 3.63) is 74.2 Å². The number of nitro groups is 1. The third-order valence-corrected chi connectivity index (χ3v) is 2.97. The van der Waals surface area contributed by atoms with Crippen LogP contribution < -0.4 is 0 Å². The molecule has 0 heterocycles. The van der Waals surface area contributed by atoms with Crippen molar-refractivity contribution in [3.8, 4) is 0 Å². The van der Waals surface area contributed by atoms with E-state index in [0.717, 1.165) is 15.6 Å². The Morgan fingerprint density at radius 2 is 1.82 bits per heavy atom. The summed E-state index contributed by atoms with van der Waals surface area (Å²) in [5.41, 5.74) is 1.95. The molecule has 86 valence electrons. The van der Waals surface area contributed by atoms with Crippen LogP contribution in [-0.2, 0) is 6.42 Å². The molecule has 3 nitrogen and oxygen atoms in total. The van der Waals surface area contributed by atoms with E-state index >= 15 is 0 Å². The molecule has 0 bridgehead atoms. The first-order chi connectivity index (χ1) is 8.16. The van der Waals surface area contributed by atoms with Gasteiger partial charge >= 0.3 is 0 Å². The Balaban J connectivity index is 2.36. The SMILES string of the molecule is O=[N+]([O-])c1cc(Br)ccc1Cc1ccccc1. The first kappa shape index (κ1) is 11.8. The van der Waals surface area contributed by atoms with Crippen molar-refractivity contribution in [2.24, 2.45) is 0 Å². The molecular weight excluding hydrogens is 282 g/mol. The summed E-state index contributed by atoms with van der Waals surface area (Å²) >= 11 is 3.25. The Morgan fingerprint density at radius 1 is 1.12 bits per heavy atom. The summed E-state index contributed by atoms with van der Waals surface area (Å²) < 4.78 is 0.723. The Labute approximate surface area is 107 Å². The number of halogens is 1. The van der Waals surface area contributed by atoms with Gasteiger partial charge in [-0.05, 0) is 11.6 Å².